The summed E-state index contributed by atoms with van der Waals surface area (Å²) in [4.78, 5) is 4.82. The number of hydrogen-bond donors (Lipinski definition) is 0. The van der Waals surface area contributed by atoms with Crippen LogP contribution in [0.3, 0.4) is 0 Å². The predicted molar refractivity (Wildman–Crippen MR) is 121 cm³/mol. The summed E-state index contributed by atoms with van der Waals surface area (Å²) in [5.41, 5.74) is 4.47. The molecule has 0 aliphatic rings. The van der Waals surface area contributed by atoms with Gasteiger partial charge in [0, 0.05) is 6.54 Å². The van der Waals surface area contributed by atoms with E-state index in [2.05, 4.69) is 48.7 Å². The number of unbranched alkanes of at least 4 members (excludes halogenated alkanes) is 1. The van der Waals surface area contributed by atoms with Crippen molar-refractivity contribution in [3.63, 3.8) is 0 Å². The van der Waals surface area contributed by atoms with Crippen molar-refractivity contribution < 1.29 is 9.47 Å². The van der Waals surface area contributed by atoms with Gasteiger partial charge in [0.25, 0.3) is 0 Å². The third-order valence-electron chi connectivity index (χ3n) is 5.31. The number of fused-ring (bicyclic) bond motifs is 1. The Labute approximate surface area is 178 Å². The minimum Gasteiger partial charge on any atom is -0.493 e. The molecule has 0 amide bonds. The second kappa shape index (κ2) is 9.49. The van der Waals surface area contributed by atoms with E-state index in [9.17, 15) is 0 Å². The van der Waals surface area contributed by atoms with Crippen molar-refractivity contribution in [3.05, 3.63) is 89.7 Å². The van der Waals surface area contributed by atoms with Crippen LogP contribution in [0, 0.1) is 13.8 Å². The minimum atomic E-state index is 0.458. The molecule has 0 N–H and O–H groups in total. The van der Waals surface area contributed by atoms with Crippen LogP contribution in [0.25, 0.3) is 11.0 Å². The lowest BCUT2D eigenvalue weighted by Crippen LogP contribution is -2.09. The van der Waals surface area contributed by atoms with Gasteiger partial charge in [-0.25, -0.2) is 4.98 Å². The van der Waals surface area contributed by atoms with Gasteiger partial charge >= 0.3 is 0 Å². The number of imidazole rings is 1. The molecule has 1 heterocycles. The largest absolute Gasteiger partial charge is 0.493 e. The molecule has 1 aromatic heterocycles. The summed E-state index contributed by atoms with van der Waals surface area (Å²) < 4.78 is 14.3. The van der Waals surface area contributed by atoms with Gasteiger partial charge in [0.1, 0.15) is 23.9 Å². The number of ether oxygens (including phenoxy) is 2. The second-order valence-electron chi connectivity index (χ2n) is 7.54. The van der Waals surface area contributed by atoms with Gasteiger partial charge in [-0.1, -0.05) is 48.5 Å². The Morgan fingerprint density at radius 1 is 0.733 bits per heavy atom. The number of nitrogens with zero attached hydrogens (tertiary/aromatic N) is 2. The summed E-state index contributed by atoms with van der Waals surface area (Å²) in [5.74, 6) is 2.83. The molecule has 0 saturated carbocycles. The highest BCUT2D eigenvalue weighted by Gasteiger charge is 2.11. The van der Waals surface area contributed by atoms with E-state index in [4.69, 9.17) is 14.5 Å². The van der Waals surface area contributed by atoms with Gasteiger partial charge in [0.05, 0.1) is 17.6 Å². The smallest absolute Gasteiger partial charge is 0.147 e. The molecule has 0 atom stereocenters. The minimum absolute atomic E-state index is 0.458. The summed E-state index contributed by atoms with van der Waals surface area (Å²) in [6.07, 6.45) is 2.00. The van der Waals surface area contributed by atoms with Crippen LogP contribution in [0.5, 0.6) is 11.5 Å². The Kier molecular flexibility index (Phi) is 6.33. The van der Waals surface area contributed by atoms with Gasteiger partial charge in [-0.2, -0.15) is 0 Å². The van der Waals surface area contributed by atoms with E-state index in [-0.39, 0.29) is 0 Å². The Hall–Kier alpha value is -3.27. The Balaban J connectivity index is 1.40. The van der Waals surface area contributed by atoms with Gasteiger partial charge in [-0.05, 0) is 62.1 Å². The van der Waals surface area contributed by atoms with Crippen LogP contribution in [0.4, 0.5) is 0 Å². The molecule has 0 fully saturated rings. The highest BCUT2D eigenvalue weighted by Crippen LogP contribution is 2.21. The standard InChI is InChI=1S/C26H28N2O2/c1-20-11-3-7-15-24(20)29-18-10-9-17-28-23-14-6-5-13-22(23)27-26(28)19-30-25-16-8-4-12-21(25)2/h3-8,11-16H,9-10,17-19H2,1-2H3. The molecule has 0 aliphatic carbocycles. The molecular formula is C26H28N2O2. The first-order valence-electron chi connectivity index (χ1n) is 10.5. The topological polar surface area (TPSA) is 36.3 Å². The maximum atomic E-state index is 6.08. The number of rotatable bonds is 9. The van der Waals surface area contributed by atoms with Crippen LogP contribution >= 0.6 is 0 Å². The molecule has 3 aromatic carbocycles. The lowest BCUT2D eigenvalue weighted by molar-refractivity contribution is 0.283. The van der Waals surface area contributed by atoms with Crippen molar-refractivity contribution in [1.29, 1.82) is 0 Å². The summed E-state index contributed by atoms with van der Waals surface area (Å²) in [5, 5.41) is 0. The molecule has 0 spiro atoms. The molecule has 0 saturated heterocycles. The van der Waals surface area contributed by atoms with Crippen LogP contribution in [-0.2, 0) is 13.2 Å². The van der Waals surface area contributed by atoms with E-state index in [0.717, 1.165) is 53.3 Å². The van der Waals surface area contributed by atoms with Crippen molar-refractivity contribution in [2.24, 2.45) is 0 Å². The number of aryl methyl sites for hydroxylation is 3. The summed E-state index contributed by atoms with van der Waals surface area (Å²) in [7, 11) is 0. The van der Waals surface area contributed by atoms with Gasteiger partial charge in [-0.15, -0.1) is 0 Å². The molecule has 0 unspecified atom stereocenters. The fraction of sp³-hybridized carbons (Fsp3) is 0.269. The van der Waals surface area contributed by atoms with Gasteiger partial charge < -0.3 is 14.0 Å². The molecular weight excluding hydrogens is 372 g/mol. The van der Waals surface area contributed by atoms with Gasteiger partial charge in [0.15, 0.2) is 0 Å². The third kappa shape index (κ3) is 4.65. The number of hydrogen-bond acceptors (Lipinski definition) is 3. The number of benzene rings is 3. The van der Waals surface area contributed by atoms with Crippen molar-refractivity contribution in [2.75, 3.05) is 6.61 Å². The monoisotopic (exact) mass is 400 g/mol. The zero-order valence-corrected chi connectivity index (χ0v) is 17.7. The second-order valence-corrected chi connectivity index (χ2v) is 7.54. The molecule has 0 aliphatic heterocycles. The molecule has 30 heavy (non-hydrogen) atoms. The van der Waals surface area contributed by atoms with Crippen LogP contribution in [0.1, 0.15) is 29.8 Å². The maximum Gasteiger partial charge on any atom is 0.147 e. The molecule has 4 nitrogen and oxygen atoms in total. The normalized spacial score (nSPS) is 11.0. The zero-order chi connectivity index (χ0) is 20.8. The average molecular weight is 401 g/mol. The lowest BCUT2D eigenvalue weighted by Gasteiger charge is -2.12. The SMILES string of the molecule is Cc1ccccc1OCCCCn1c(COc2ccccc2C)nc2ccccc21. The van der Waals surface area contributed by atoms with Crippen molar-refractivity contribution in [2.45, 2.75) is 39.8 Å². The summed E-state index contributed by atoms with van der Waals surface area (Å²) in [6, 6.07) is 24.5. The average Bonchev–Trinajstić information content (AvgIpc) is 3.12. The van der Waals surface area contributed by atoms with Crippen molar-refractivity contribution in [1.82, 2.24) is 9.55 Å². The number of aromatic nitrogens is 2. The molecule has 0 radical (unpaired) electrons. The summed E-state index contributed by atoms with van der Waals surface area (Å²) >= 11 is 0. The van der Waals surface area contributed by atoms with Crippen LogP contribution in [0.15, 0.2) is 72.8 Å². The summed E-state index contributed by atoms with van der Waals surface area (Å²) in [6.45, 7) is 6.20. The van der Waals surface area contributed by atoms with E-state index in [1.807, 2.05) is 42.5 Å². The Morgan fingerprint density at radius 2 is 1.37 bits per heavy atom. The Bertz CT molecular complexity index is 1120. The molecule has 4 aromatic rings. The predicted octanol–water partition coefficient (Wildman–Crippen LogP) is 6.09. The van der Waals surface area contributed by atoms with Gasteiger partial charge in [-0.3, -0.25) is 0 Å². The Morgan fingerprint density at radius 3 is 2.10 bits per heavy atom. The van der Waals surface area contributed by atoms with E-state index in [1.54, 1.807) is 0 Å². The molecule has 0 bridgehead atoms. The van der Waals surface area contributed by atoms with Crippen LogP contribution in [-0.4, -0.2) is 16.2 Å². The molecule has 4 rings (SSSR count). The first kappa shape index (κ1) is 20.0. The van der Waals surface area contributed by atoms with E-state index < -0.39 is 0 Å². The van der Waals surface area contributed by atoms with Crippen LogP contribution < -0.4 is 9.47 Å². The molecule has 154 valence electrons. The lowest BCUT2D eigenvalue weighted by atomic mass is 10.2. The number of para-hydroxylation sites is 4. The maximum absolute atomic E-state index is 6.08. The van der Waals surface area contributed by atoms with Crippen LogP contribution in [0.2, 0.25) is 0 Å². The zero-order valence-electron chi connectivity index (χ0n) is 17.7. The fourth-order valence-electron chi connectivity index (χ4n) is 3.62. The van der Waals surface area contributed by atoms with E-state index >= 15 is 0 Å². The van der Waals surface area contributed by atoms with Gasteiger partial charge in [0.2, 0.25) is 0 Å². The molecule has 4 heteroatoms. The third-order valence-corrected chi connectivity index (χ3v) is 5.31. The highest BCUT2D eigenvalue weighted by atomic mass is 16.5. The van der Waals surface area contributed by atoms with Crippen molar-refractivity contribution >= 4 is 11.0 Å². The van der Waals surface area contributed by atoms with E-state index in [1.165, 1.54) is 5.56 Å². The quantitative estimate of drug-likeness (QED) is 0.319. The van der Waals surface area contributed by atoms with E-state index in [0.29, 0.717) is 13.2 Å². The first-order chi connectivity index (χ1) is 14.7. The fourth-order valence-corrected chi connectivity index (χ4v) is 3.62. The first-order valence-corrected chi connectivity index (χ1v) is 10.5. The highest BCUT2D eigenvalue weighted by molar-refractivity contribution is 5.75. The van der Waals surface area contributed by atoms with Crippen molar-refractivity contribution in [3.8, 4) is 11.5 Å².